The van der Waals surface area contributed by atoms with E-state index in [9.17, 15) is 10.2 Å². The van der Waals surface area contributed by atoms with Crippen molar-refractivity contribution in [1.29, 1.82) is 0 Å². The van der Waals surface area contributed by atoms with Crippen LogP contribution < -0.4 is 0 Å². The van der Waals surface area contributed by atoms with Crippen molar-refractivity contribution in [1.82, 2.24) is 10.2 Å². The molecule has 22 heavy (non-hydrogen) atoms. The van der Waals surface area contributed by atoms with Crippen molar-refractivity contribution in [2.24, 2.45) is 0 Å². The second-order valence-corrected chi connectivity index (χ2v) is 5.97. The molecule has 0 saturated heterocycles. The minimum atomic E-state index is 0.121. The van der Waals surface area contributed by atoms with Gasteiger partial charge in [-0.1, -0.05) is 23.8 Å². The second kappa shape index (κ2) is 5.37. The van der Waals surface area contributed by atoms with Crippen LogP contribution >= 0.6 is 0 Å². The van der Waals surface area contributed by atoms with E-state index in [0.717, 1.165) is 24.1 Å². The first kappa shape index (κ1) is 14.4. The topological polar surface area (TPSA) is 69.1 Å². The fourth-order valence-electron chi connectivity index (χ4n) is 2.83. The van der Waals surface area contributed by atoms with E-state index in [1.54, 1.807) is 0 Å². The van der Waals surface area contributed by atoms with E-state index < -0.39 is 0 Å². The molecule has 0 spiro atoms. The average molecular weight is 296 g/mol. The fourth-order valence-corrected chi connectivity index (χ4v) is 2.83. The lowest BCUT2D eigenvalue weighted by Crippen LogP contribution is -1.86. The first-order valence-electron chi connectivity index (χ1n) is 7.43. The van der Waals surface area contributed by atoms with Crippen LogP contribution in [0.1, 0.15) is 31.5 Å². The van der Waals surface area contributed by atoms with E-state index in [-0.39, 0.29) is 11.5 Å². The predicted octanol–water partition coefficient (Wildman–Crippen LogP) is 4.33. The maximum Gasteiger partial charge on any atom is 0.151 e. The van der Waals surface area contributed by atoms with Gasteiger partial charge in [-0.05, 0) is 45.2 Å². The fraction of sp³-hybridized carbons (Fsp3) is 0.278. The number of H-pyrrole nitrogens is 1. The van der Waals surface area contributed by atoms with Gasteiger partial charge in [0.2, 0.25) is 0 Å². The number of rotatable bonds is 3. The van der Waals surface area contributed by atoms with E-state index >= 15 is 0 Å². The van der Waals surface area contributed by atoms with Gasteiger partial charge >= 0.3 is 0 Å². The predicted molar refractivity (Wildman–Crippen MR) is 89.4 cm³/mol. The van der Waals surface area contributed by atoms with E-state index in [4.69, 9.17) is 0 Å². The van der Waals surface area contributed by atoms with Crippen LogP contribution in [-0.2, 0) is 6.42 Å². The van der Waals surface area contributed by atoms with Crippen LogP contribution in [0.2, 0.25) is 0 Å². The number of nitrogens with one attached hydrogen (secondary N) is 1. The average Bonchev–Trinajstić information content (AvgIpc) is 2.86. The second-order valence-electron chi connectivity index (χ2n) is 5.97. The van der Waals surface area contributed by atoms with E-state index in [1.165, 1.54) is 5.57 Å². The zero-order valence-corrected chi connectivity index (χ0v) is 13.1. The van der Waals surface area contributed by atoms with E-state index in [2.05, 4.69) is 30.1 Å². The number of aryl methyl sites for hydroxylation is 2. The highest BCUT2D eigenvalue weighted by Gasteiger charge is 2.17. The smallest absolute Gasteiger partial charge is 0.151 e. The van der Waals surface area contributed by atoms with Crippen molar-refractivity contribution < 1.29 is 10.2 Å². The lowest BCUT2D eigenvalue weighted by atomic mass is 9.99. The van der Waals surface area contributed by atoms with Crippen LogP contribution in [-0.4, -0.2) is 20.4 Å². The van der Waals surface area contributed by atoms with Gasteiger partial charge in [0.15, 0.2) is 5.75 Å². The third-order valence-electron chi connectivity index (χ3n) is 3.99. The minimum Gasteiger partial charge on any atom is -0.507 e. The highest BCUT2D eigenvalue weighted by atomic mass is 16.3. The first-order chi connectivity index (χ1) is 10.5. The minimum absolute atomic E-state index is 0.121. The molecule has 2 aromatic carbocycles. The van der Waals surface area contributed by atoms with Gasteiger partial charge in [0.1, 0.15) is 11.3 Å². The van der Waals surface area contributed by atoms with Crippen LogP contribution in [0.3, 0.4) is 0 Å². The number of hydrogen-bond donors (Lipinski definition) is 3. The first-order valence-corrected chi connectivity index (χ1v) is 7.43. The lowest BCUT2D eigenvalue weighted by molar-refractivity contribution is 0.478. The summed E-state index contributed by atoms with van der Waals surface area (Å²) < 4.78 is 0. The monoisotopic (exact) mass is 296 g/mol. The Kier molecular flexibility index (Phi) is 3.53. The number of allylic oxidation sites excluding steroid dienone is 2. The number of phenolic OH excluding ortho intramolecular Hbond substituents is 2. The molecule has 3 aromatic rings. The molecule has 0 atom stereocenters. The highest BCUT2D eigenvalue weighted by molar-refractivity contribution is 6.10. The summed E-state index contributed by atoms with van der Waals surface area (Å²) in [6.45, 7) is 6.00. The molecule has 3 rings (SSSR count). The quantitative estimate of drug-likeness (QED) is 0.497. The van der Waals surface area contributed by atoms with Crippen LogP contribution in [0.15, 0.2) is 29.8 Å². The largest absolute Gasteiger partial charge is 0.507 e. The molecule has 4 nitrogen and oxygen atoms in total. The summed E-state index contributed by atoms with van der Waals surface area (Å²) in [6.07, 6.45) is 4.06. The standard InChI is InChI=1S/C18H20N2O2/c1-10(2)5-4-6-12-7-8-13-14(9-12)18(22)16-15(17(13)21)11(3)19-20-16/h5,7-9,21-22H,4,6H2,1-3H3,(H,19,20). The maximum atomic E-state index is 10.5. The molecule has 0 radical (unpaired) electrons. The summed E-state index contributed by atoms with van der Waals surface area (Å²) >= 11 is 0. The Morgan fingerprint density at radius 3 is 2.68 bits per heavy atom. The van der Waals surface area contributed by atoms with Crippen molar-refractivity contribution in [3.63, 3.8) is 0 Å². The molecule has 4 heteroatoms. The van der Waals surface area contributed by atoms with E-state index in [0.29, 0.717) is 21.7 Å². The van der Waals surface area contributed by atoms with Crippen LogP contribution in [0.5, 0.6) is 11.5 Å². The Morgan fingerprint density at radius 1 is 1.18 bits per heavy atom. The van der Waals surface area contributed by atoms with Gasteiger partial charge in [-0.2, -0.15) is 5.10 Å². The Morgan fingerprint density at radius 2 is 1.95 bits per heavy atom. The zero-order chi connectivity index (χ0) is 15.9. The third kappa shape index (κ3) is 2.30. The van der Waals surface area contributed by atoms with Crippen molar-refractivity contribution in [2.75, 3.05) is 0 Å². The summed E-state index contributed by atoms with van der Waals surface area (Å²) in [5, 5.41) is 29.7. The number of phenols is 2. The van der Waals surface area contributed by atoms with Gasteiger partial charge in [0, 0.05) is 16.5 Å². The van der Waals surface area contributed by atoms with Gasteiger partial charge in [-0.25, -0.2) is 0 Å². The number of aromatic nitrogens is 2. The van der Waals surface area contributed by atoms with Crippen LogP contribution in [0, 0.1) is 6.92 Å². The van der Waals surface area contributed by atoms with Gasteiger partial charge in [-0.15, -0.1) is 0 Å². The molecular formula is C18H20N2O2. The molecule has 0 fully saturated rings. The SMILES string of the molecule is CC(C)=CCCc1ccc2c(O)c3c(C)[nH]nc3c(O)c2c1. The number of benzene rings is 2. The molecule has 114 valence electrons. The van der Waals surface area contributed by atoms with Crippen LogP contribution in [0.4, 0.5) is 0 Å². The summed E-state index contributed by atoms with van der Waals surface area (Å²) in [7, 11) is 0. The molecule has 0 amide bonds. The number of fused-ring (bicyclic) bond motifs is 2. The number of hydrogen-bond acceptors (Lipinski definition) is 3. The van der Waals surface area contributed by atoms with Crippen LogP contribution in [0.25, 0.3) is 21.7 Å². The van der Waals surface area contributed by atoms with Gasteiger partial charge in [0.05, 0.1) is 5.39 Å². The molecule has 0 bridgehead atoms. The van der Waals surface area contributed by atoms with Gasteiger partial charge in [-0.3, -0.25) is 5.10 Å². The van der Waals surface area contributed by atoms with Crippen molar-refractivity contribution in [3.05, 3.63) is 41.1 Å². The molecule has 0 saturated carbocycles. The number of aromatic amines is 1. The maximum absolute atomic E-state index is 10.5. The molecule has 3 N–H and O–H groups in total. The van der Waals surface area contributed by atoms with Crippen molar-refractivity contribution >= 4 is 21.7 Å². The molecule has 0 aliphatic carbocycles. The molecular weight excluding hydrogens is 276 g/mol. The lowest BCUT2D eigenvalue weighted by Gasteiger charge is -2.08. The molecule has 0 aliphatic rings. The Balaban J connectivity index is 2.14. The summed E-state index contributed by atoms with van der Waals surface area (Å²) in [4.78, 5) is 0. The van der Waals surface area contributed by atoms with Gasteiger partial charge in [0.25, 0.3) is 0 Å². The summed E-state index contributed by atoms with van der Waals surface area (Å²) in [6, 6.07) is 5.81. The van der Waals surface area contributed by atoms with Crippen molar-refractivity contribution in [3.8, 4) is 11.5 Å². The van der Waals surface area contributed by atoms with Gasteiger partial charge < -0.3 is 10.2 Å². The Labute approximate surface area is 129 Å². The van der Waals surface area contributed by atoms with E-state index in [1.807, 2.05) is 25.1 Å². The summed E-state index contributed by atoms with van der Waals surface area (Å²) in [5.74, 6) is 0.293. The Hall–Kier alpha value is -2.49. The molecule has 1 aromatic heterocycles. The number of aromatic hydroxyl groups is 2. The number of nitrogens with zero attached hydrogens (tertiary/aromatic N) is 1. The molecule has 0 aliphatic heterocycles. The Bertz CT molecular complexity index is 887. The highest BCUT2D eigenvalue weighted by Crippen LogP contribution is 2.41. The molecule has 0 unspecified atom stereocenters. The third-order valence-corrected chi connectivity index (χ3v) is 3.99. The zero-order valence-electron chi connectivity index (χ0n) is 13.1. The van der Waals surface area contributed by atoms with Crippen molar-refractivity contribution in [2.45, 2.75) is 33.6 Å². The summed E-state index contributed by atoms with van der Waals surface area (Å²) in [5.41, 5.74) is 3.60. The normalized spacial score (nSPS) is 11.2. The molecule has 1 heterocycles.